The van der Waals surface area contributed by atoms with Crippen LogP contribution in [0.1, 0.15) is 39.5 Å². The fourth-order valence-electron chi connectivity index (χ4n) is 4.32. The van der Waals surface area contributed by atoms with Gasteiger partial charge in [-0.15, -0.1) is 11.3 Å². The molecule has 5 rings (SSSR count). The van der Waals surface area contributed by atoms with Crippen molar-refractivity contribution in [2.24, 2.45) is 0 Å². The first-order valence-electron chi connectivity index (χ1n) is 10.2. The summed E-state index contributed by atoms with van der Waals surface area (Å²) in [4.78, 5) is 43.6. The zero-order valence-electron chi connectivity index (χ0n) is 16.5. The van der Waals surface area contributed by atoms with Crippen LogP contribution in [-0.2, 0) is 19.4 Å². The van der Waals surface area contributed by atoms with Gasteiger partial charge in [0.15, 0.2) is 0 Å². The molecule has 1 fully saturated rings. The van der Waals surface area contributed by atoms with Gasteiger partial charge in [-0.1, -0.05) is 0 Å². The maximum atomic E-state index is 12.7. The molecule has 3 aromatic heterocycles. The monoisotopic (exact) mass is 487 g/mol. The number of aryl methyl sites for hydroxylation is 2. The van der Waals surface area contributed by atoms with Gasteiger partial charge in [0.05, 0.1) is 17.5 Å². The Hall–Kier alpha value is -2.10. The minimum atomic E-state index is -0.00892. The largest absolute Gasteiger partial charge is 0.336 e. The molecule has 1 N–H and O–H groups in total. The predicted octanol–water partition coefficient (Wildman–Crippen LogP) is 2.98. The number of H-pyrrole nitrogens is 1. The van der Waals surface area contributed by atoms with Crippen molar-refractivity contribution in [1.82, 2.24) is 24.8 Å². The van der Waals surface area contributed by atoms with Gasteiger partial charge in [-0.05, 0) is 53.2 Å². The van der Waals surface area contributed by atoms with E-state index >= 15 is 0 Å². The lowest BCUT2D eigenvalue weighted by Gasteiger charge is -2.34. The van der Waals surface area contributed by atoms with E-state index < -0.39 is 0 Å². The van der Waals surface area contributed by atoms with Crippen LogP contribution in [0.3, 0.4) is 0 Å². The van der Waals surface area contributed by atoms with Crippen LogP contribution in [0, 0.1) is 0 Å². The first kappa shape index (κ1) is 19.8. The number of nitrogens with zero attached hydrogens (tertiary/aromatic N) is 4. The summed E-state index contributed by atoms with van der Waals surface area (Å²) < 4.78 is 0.799. The van der Waals surface area contributed by atoms with E-state index in [-0.39, 0.29) is 11.5 Å². The van der Waals surface area contributed by atoms with Crippen LogP contribution in [0.5, 0.6) is 0 Å². The molecule has 4 heterocycles. The Kier molecular flexibility index (Phi) is 5.43. The first-order valence-corrected chi connectivity index (χ1v) is 11.8. The average Bonchev–Trinajstić information content (AvgIpc) is 3.12. The molecule has 7 nitrogen and oxygen atoms in total. The number of carbonyl (C=O) groups excluding carboxylic acids is 1. The maximum absolute atomic E-state index is 12.7. The number of carbonyl (C=O) groups is 1. The number of piperazine rings is 1. The van der Waals surface area contributed by atoms with Crippen molar-refractivity contribution in [3.63, 3.8) is 0 Å². The third-order valence-electron chi connectivity index (χ3n) is 5.86. The summed E-state index contributed by atoms with van der Waals surface area (Å²) in [5.74, 6) is 0.711. The zero-order chi connectivity index (χ0) is 20.7. The van der Waals surface area contributed by atoms with Crippen molar-refractivity contribution in [1.29, 1.82) is 0 Å². The highest BCUT2D eigenvalue weighted by molar-refractivity contribution is 9.10. The number of nitrogens with one attached hydrogen (secondary N) is 1. The topological polar surface area (TPSA) is 82.2 Å². The van der Waals surface area contributed by atoms with E-state index in [1.54, 1.807) is 29.8 Å². The van der Waals surface area contributed by atoms with Gasteiger partial charge in [0, 0.05) is 47.9 Å². The number of aromatic nitrogens is 3. The molecule has 1 amide bonds. The Morgan fingerprint density at radius 2 is 1.97 bits per heavy atom. The molecule has 0 aromatic carbocycles. The second kappa shape index (κ2) is 8.20. The molecule has 30 heavy (non-hydrogen) atoms. The van der Waals surface area contributed by atoms with Crippen LogP contribution in [0.4, 0.5) is 0 Å². The highest BCUT2D eigenvalue weighted by Crippen LogP contribution is 2.33. The van der Waals surface area contributed by atoms with Crippen molar-refractivity contribution in [2.45, 2.75) is 32.2 Å². The summed E-state index contributed by atoms with van der Waals surface area (Å²) in [7, 11) is 0. The Morgan fingerprint density at radius 3 is 2.77 bits per heavy atom. The van der Waals surface area contributed by atoms with Gasteiger partial charge in [0.25, 0.3) is 11.5 Å². The minimum Gasteiger partial charge on any atom is -0.336 e. The summed E-state index contributed by atoms with van der Waals surface area (Å²) in [5.41, 5.74) is 1.80. The van der Waals surface area contributed by atoms with E-state index in [2.05, 4.69) is 30.8 Å². The van der Waals surface area contributed by atoms with Crippen molar-refractivity contribution < 1.29 is 4.79 Å². The van der Waals surface area contributed by atoms with Crippen LogP contribution in [-0.4, -0.2) is 56.8 Å². The molecule has 2 aliphatic rings. The fraction of sp³-hybridized carbons (Fsp3) is 0.429. The summed E-state index contributed by atoms with van der Waals surface area (Å²) in [6, 6.07) is 1.80. The van der Waals surface area contributed by atoms with Gasteiger partial charge < -0.3 is 9.88 Å². The van der Waals surface area contributed by atoms with E-state index in [1.165, 1.54) is 16.9 Å². The number of hydrogen-bond acceptors (Lipinski definition) is 6. The summed E-state index contributed by atoms with van der Waals surface area (Å²) in [6.45, 7) is 3.37. The standard InChI is InChI=1S/C21H22BrN5O2S/c22-14-9-13(10-23-11-14)21(29)27-7-5-26(6-8-27)12-17-24-19(28)18-15-3-1-2-4-16(15)30-20(18)25-17/h9-11H,1-8,12H2,(H,24,25,28). The number of amides is 1. The lowest BCUT2D eigenvalue weighted by atomic mass is 9.97. The number of fused-ring (bicyclic) bond motifs is 3. The van der Waals surface area contributed by atoms with E-state index in [0.29, 0.717) is 31.0 Å². The summed E-state index contributed by atoms with van der Waals surface area (Å²) in [6.07, 6.45) is 7.67. The van der Waals surface area contributed by atoms with Crippen molar-refractivity contribution in [2.75, 3.05) is 26.2 Å². The number of rotatable bonds is 3. The molecule has 0 radical (unpaired) electrons. The van der Waals surface area contributed by atoms with Gasteiger partial charge >= 0.3 is 0 Å². The lowest BCUT2D eigenvalue weighted by molar-refractivity contribution is 0.0625. The Bertz CT molecular complexity index is 1170. The normalized spacial score (nSPS) is 17.3. The molecule has 1 saturated heterocycles. The molecular weight excluding hydrogens is 466 g/mol. The van der Waals surface area contributed by atoms with Crippen molar-refractivity contribution >= 4 is 43.4 Å². The average molecular weight is 488 g/mol. The number of thiophene rings is 1. The van der Waals surface area contributed by atoms with E-state index in [1.807, 2.05) is 4.90 Å². The molecule has 0 atom stereocenters. The third kappa shape index (κ3) is 3.81. The zero-order valence-corrected chi connectivity index (χ0v) is 18.9. The molecular formula is C21H22BrN5O2S. The minimum absolute atomic E-state index is 0.000526. The fourth-order valence-corrected chi connectivity index (χ4v) is 5.96. The highest BCUT2D eigenvalue weighted by atomic mass is 79.9. The number of pyridine rings is 1. The van der Waals surface area contributed by atoms with Gasteiger partial charge in [-0.2, -0.15) is 0 Å². The first-order chi connectivity index (χ1) is 14.6. The molecule has 3 aromatic rings. The third-order valence-corrected chi connectivity index (χ3v) is 7.48. The smallest absolute Gasteiger partial charge is 0.259 e. The van der Waals surface area contributed by atoms with Crippen molar-refractivity contribution in [3.8, 4) is 0 Å². The highest BCUT2D eigenvalue weighted by Gasteiger charge is 2.24. The van der Waals surface area contributed by atoms with Crippen LogP contribution < -0.4 is 5.56 Å². The molecule has 156 valence electrons. The van der Waals surface area contributed by atoms with Crippen LogP contribution in [0.2, 0.25) is 0 Å². The second-order valence-corrected chi connectivity index (χ2v) is 9.86. The van der Waals surface area contributed by atoms with Gasteiger partial charge in [-0.25, -0.2) is 4.98 Å². The SMILES string of the molecule is O=C(c1cncc(Br)c1)N1CCN(Cc2nc3sc4c(c3c(=O)[nH]2)CCCC4)CC1. The molecule has 9 heteroatoms. The molecule has 0 saturated carbocycles. The predicted molar refractivity (Wildman–Crippen MR) is 120 cm³/mol. The van der Waals surface area contributed by atoms with Gasteiger partial charge in [0.1, 0.15) is 10.7 Å². The number of hydrogen-bond donors (Lipinski definition) is 1. The van der Waals surface area contributed by atoms with Gasteiger partial charge in [0.2, 0.25) is 0 Å². The molecule has 0 bridgehead atoms. The second-order valence-electron chi connectivity index (χ2n) is 7.86. The summed E-state index contributed by atoms with van der Waals surface area (Å²) in [5, 5.41) is 0.802. The molecule has 1 aliphatic carbocycles. The van der Waals surface area contributed by atoms with Crippen LogP contribution >= 0.6 is 27.3 Å². The van der Waals surface area contributed by atoms with E-state index in [9.17, 15) is 9.59 Å². The van der Waals surface area contributed by atoms with E-state index in [4.69, 9.17) is 4.98 Å². The Balaban J connectivity index is 1.27. The maximum Gasteiger partial charge on any atom is 0.259 e. The van der Waals surface area contributed by atoms with E-state index in [0.717, 1.165) is 47.0 Å². The molecule has 0 unspecified atom stereocenters. The lowest BCUT2D eigenvalue weighted by Crippen LogP contribution is -2.48. The quantitative estimate of drug-likeness (QED) is 0.613. The van der Waals surface area contributed by atoms with Crippen LogP contribution in [0.25, 0.3) is 10.2 Å². The number of aromatic amines is 1. The van der Waals surface area contributed by atoms with Crippen molar-refractivity contribution in [3.05, 3.63) is 55.1 Å². The Morgan fingerprint density at radius 1 is 1.17 bits per heavy atom. The summed E-state index contributed by atoms with van der Waals surface area (Å²) >= 11 is 5.05. The van der Waals surface area contributed by atoms with Crippen LogP contribution in [0.15, 0.2) is 27.7 Å². The number of halogens is 1. The molecule has 1 aliphatic heterocycles. The molecule has 0 spiro atoms. The van der Waals surface area contributed by atoms with Gasteiger partial charge in [-0.3, -0.25) is 19.5 Å². The Labute approximate surface area is 186 Å².